The second-order valence-electron chi connectivity index (χ2n) is 8.79. The lowest BCUT2D eigenvalue weighted by Gasteiger charge is -2.39. The SMILES string of the molecule is [2H]C([2H])([2H])NCC[C@](O)(c1cccc2ccccc12)[C@H](c1ccccc1)c1cc2cc(Br)ccc2nc1OC([2H])([2H])[2H]. The number of benzene rings is 4. The fourth-order valence-corrected chi connectivity index (χ4v) is 5.46. The van der Waals surface area contributed by atoms with E-state index in [4.69, 9.17) is 13.0 Å². The summed E-state index contributed by atoms with van der Waals surface area (Å²) in [6.45, 7) is -2.48. The van der Waals surface area contributed by atoms with Crippen LogP contribution in [0.2, 0.25) is 0 Å². The lowest BCUT2D eigenvalue weighted by atomic mass is 9.70. The maximum atomic E-state index is 13.0. The number of hydrogen-bond acceptors (Lipinski definition) is 4. The van der Waals surface area contributed by atoms with E-state index in [2.05, 4.69) is 26.2 Å². The maximum absolute atomic E-state index is 13.0. The summed E-state index contributed by atoms with van der Waals surface area (Å²) in [5, 5.41) is 18.0. The van der Waals surface area contributed by atoms with E-state index in [1.165, 1.54) is 0 Å². The Bertz CT molecular complexity index is 1710. The number of halogens is 1. The number of aromatic nitrogens is 1. The van der Waals surface area contributed by atoms with Crippen molar-refractivity contribution in [3.05, 3.63) is 118 Å². The molecule has 4 aromatic carbocycles. The van der Waals surface area contributed by atoms with Crippen molar-refractivity contribution in [3.8, 4) is 5.88 Å². The van der Waals surface area contributed by atoms with Crippen LogP contribution in [-0.2, 0) is 5.60 Å². The van der Waals surface area contributed by atoms with Gasteiger partial charge in [-0.05, 0) is 66.1 Å². The third-order valence-electron chi connectivity index (χ3n) is 6.67. The van der Waals surface area contributed by atoms with E-state index in [1.807, 2.05) is 78.9 Å². The van der Waals surface area contributed by atoms with Crippen molar-refractivity contribution in [2.75, 3.05) is 20.6 Å². The minimum Gasteiger partial charge on any atom is -0.481 e. The Morgan fingerprint density at radius 3 is 2.61 bits per heavy atom. The van der Waals surface area contributed by atoms with Crippen molar-refractivity contribution in [2.24, 2.45) is 0 Å². The molecule has 5 aromatic rings. The Kier molecular flexibility index (Phi) is 5.21. The average Bonchev–Trinajstić information content (AvgIpc) is 2.92. The fourth-order valence-electron chi connectivity index (χ4n) is 5.08. The number of methoxy groups -OCH3 is 1. The van der Waals surface area contributed by atoms with Gasteiger partial charge in [0.15, 0.2) is 0 Å². The summed E-state index contributed by atoms with van der Waals surface area (Å²) >= 11 is 3.50. The summed E-state index contributed by atoms with van der Waals surface area (Å²) in [5.41, 5.74) is 0.372. The molecule has 5 rings (SSSR count). The van der Waals surface area contributed by atoms with Gasteiger partial charge in [0.05, 0.1) is 16.7 Å². The lowest BCUT2D eigenvalue weighted by molar-refractivity contribution is 0.0118. The molecule has 0 amide bonds. The number of nitrogens with zero attached hydrogens (tertiary/aromatic N) is 1. The molecule has 182 valence electrons. The van der Waals surface area contributed by atoms with E-state index in [0.717, 1.165) is 15.2 Å². The molecule has 0 fully saturated rings. The Morgan fingerprint density at radius 2 is 1.78 bits per heavy atom. The molecule has 1 aromatic heterocycles. The van der Waals surface area contributed by atoms with Crippen LogP contribution in [0.1, 0.15) is 37.3 Å². The largest absolute Gasteiger partial charge is 0.481 e. The van der Waals surface area contributed by atoms with Crippen molar-refractivity contribution in [3.63, 3.8) is 0 Å². The van der Waals surface area contributed by atoms with Gasteiger partial charge < -0.3 is 15.2 Å². The van der Waals surface area contributed by atoms with E-state index in [-0.39, 0.29) is 18.8 Å². The minimum absolute atomic E-state index is 0.0251. The van der Waals surface area contributed by atoms with Gasteiger partial charge >= 0.3 is 0 Å². The number of fused-ring (bicyclic) bond motifs is 2. The smallest absolute Gasteiger partial charge is 0.217 e. The van der Waals surface area contributed by atoms with E-state index in [1.54, 1.807) is 18.2 Å². The molecule has 0 spiro atoms. The van der Waals surface area contributed by atoms with Gasteiger partial charge in [-0.1, -0.05) is 88.7 Å². The van der Waals surface area contributed by atoms with Crippen LogP contribution in [-0.4, -0.2) is 30.6 Å². The maximum Gasteiger partial charge on any atom is 0.217 e. The van der Waals surface area contributed by atoms with Crippen LogP contribution in [0, 0.1) is 0 Å². The Hall–Kier alpha value is -3.25. The van der Waals surface area contributed by atoms with E-state index < -0.39 is 25.5 Å². The topological polar surface area (TPSA) is 54.4 Å². The predicted octanol–water partition coefficient (Wildman–Crippen LogP) is 6.79. The molecule has 0 unspecified atom stereocenters. The molecule has 0 saturated heterocycles. The highest BCUT2D eigenvalue weighted by Crippen LogP contribution is 2.48. The summed E-state index contributed by atoms with van der Waals surface area (Å²) in [4.78, 5) is 4.62. The normalized spacial score (nSPS) is 17.2. The van der Waals surface area contributed by atoms with Crippen molar-refractivity contribution in [2.45, 2.75) is 17.9 Å². The van der Waals surface area contributed by atoms with Crippen LogP contribution in [0.4, 0.5) is 0 Å². The van der Waals surface area contributed by atoms with Crippen LogP contribution in [0.15, 0.2) is 102 Å². The standard InChI is InChI=1S/C31H29BrN2O2/c1-33-18-17-31(35,27-14-8-12-21-9-6-7-13-25(21)27)29(22-10-4-3-5-11-22)26-20-23-19-24(32)15-16-28(23)34-30(26)36-2/h3-16,19-20,29,33,35H,17-18H2,1-2H3/t29-,31+/m1/s1/i1D3,2D3. The van der Waals surface area contributed by atoms with Crippen molar-refractivity contribution in [1.29, 1.82) is 0 Å². The monoisotopic (exact) mass is 546 g/mol. The van der Waals surface area contributed by atoms with Gasteiger partial charge in [0.1, 0.15) is 5.60 Å². The van der Waals surface area contributed by atoms with E-state index >= 15 is 0 Å². The molecule has 4 nitrogen and oxygen atoms in total. The van der Waals surface area contributed by atoms with Gasteiger partial charge in [0, 0.05) is 25.5 Å². The van der Waals surface area contributed by atoms with Gasteiger partial charge in [-0.2, -0.15) is 0 Å². The minimum atomic E-state index is -2.81. The molecule has 1 heterocycles. The van der Waals surface area contributed by atoms with Crippen molar-refractivity contribution < 1.29 is 18.1 Å². The molecule has 5 heteroatoms. The number of nitrogens with one attached hydrogen (secondary N) is 1. The molecule has 0 saturated carbocycles. The molecule has 0 aliphatic carbocycles. The highest BCUT2D eigenvalue weighted by Gasteiger charge is 2.42. The van der Waals surface area contributed by atoms with Gasteiger partial charge in [0.25, 0.3) is 0 Å². The van der Waals surface area contributed by atoms with Crippen LogP contribution >= 0.6 is 15.9 Å². The molecule has 2 atom stereocenters. The highest BCUT2D eigenvalue weighted by atomic mass is 79.9. The predicted molar refractivity (Wildman–Crippen MR) is 151 cm³/mol. The van der Waals surface area contributed by atoms with Crippen LogP contribution in [0.5, 0.6) is 5.88 Å². The summed E-state index contributed by atoms with van der Waals surface area (Å²) in [7, 11) is -2.81. The summed E-state index contributed by atoms with van der Waals surface area (Å²) in [5.74, 6) is -1.04. The quantitative estimate of drug-likeness (QED) is 0.225. The van der Waals surface area contributed by atoms with Gasteiger partial charge in [0.2, 0.25) is 5.88 Å². The average molecular weight is 548 g/mol. The molecule has 0 bridgehead atoms. The van der Waals surface area contributed by atoms with Crippen molar-refractivity contribution in [1.82, 2.24) is 10.3 Å². The molecule has 2 N–H and O–H groups in total. The van der Waals surface area contributed by atoms with Crippen LogP contribution in [0.25, 0.3) is 21.7 Å². The van der Waals surface area contributed by atoms with Crippen molar-refractivity contribution >= 4 is 37.6 Å². The molecular formula is C31H29BrN2O2. The molecule has 36 heavy (non-hydrogen) atoms. The van der Waals surface area contributed by atoms with Gasteiger partial charge in [-0.25, -0.2) is 4.98 Å². The first-order valence-corrected chi connectivity index (χ1v) is 12.4. The highest BCUT2D eigenvalue weighted by molar-refractivity contribution is 9.10. The third kappa shape index (κ3) is 4.50. The number of pyridine rings is 1. The number of ether oxygens (including phenoxy) is 1. The molecule has 0 aliphatic heterocycles. The fraction of sp³-hybridized carbons (Fsp3) is 0.194. The molecule has 0 radical (unpaired) electrons. The Labute approximate surface area is 228 Å². The van der Waals surface area contributed by atoms with Gasteiger partial charge in [-0.3, -0.25) is 0 Å². The first kappa shape index (κ1) is 18.1. The zero-order valence-electron chi connectivity index (χ0n) is 25.4. The number of rotatable bonds is 8. The number of aliphatic hydroxyl groups is 1. The number of hydrogen-bond donors (Lipinski definition) is 2. The van der Waals surface area contributed by atoms with Gasteiger partial charge in [-0.15, -0.1) is 0 Å². The molecule has 0 aliphatic rings. The van der Waals surface area contributed by atoms with E-state index in [0.29, 0.717) is 27.6 Å². The second kappa shape index (κ2) is 10.4. The zero-order valence-corrected chi connectivity index (χ0v) is 21.0. The van der Waals surface area contributed by atoms with Crippen LogP contribution < -0.4 is 10.1 Å². The zero-order chi connectivity index (χ0) is 30.1. The summed E-state index contributed by atoms with van der Waals surface area (Å²) in [6.07, 6.45) is -0.0251. The second-order valence-corrected chi connectivity index (χ2v) is 9.71. The Balaban J connectivity index is 1.83. The third-order valence-corrected chi connectivity index (χ3v) is 7.17. The summed E-state index contributed by atoms with van der Waals surface area (Å²) < 4.78 is 53.1. The first-order chi connectivity index (χ1) is 19.8. The Morgan fingerprint density at radius 1 is 0.972 bits per heavy atom. The van der Waals surface area contributed by atoms with Crippen LogP contribution in [0.3, 0.4) is 0 Å². The van der Waals surface area contributed by atoms with E-state index in [9.17, 15) is 5.11 Å². The summed E-state index contributed by atoms with van der Waals surface area (Å²) in [6, 6.07) is 29.7. The molecular weight excluding hydrogens is 512 g/mol. The lowest BCUT2D eigenvalue weighted by Crippen LogP contribution is -2.37. The first-order valence-electron chi connectivity index (χ1n) is 14.6.